The standard InChI is InChI=1S/C18H32N2O2/c1-4-7-10-19(11-8-5-2)14-16-13-17(21)18(22)15-20(16)12-9-6-3/h13,15,22H,4-12,14H2,1-3H3. The van der Waals surface area contributed by atoms with Crippen LogP contribution in [0.5, 0.6) is 5.75 Å². The Balaban J connectivity index is 2.89. The molecule has 0 spiro atoms. The predicted octanol–water partition coefficient (Wildman–Crippen LogP) is 3.76. The van der Waals surface area contributed by atoms with Gasteiger partial charge in [-0.05, 0) is 32.4 Å². The van der Waals surface area contributed by atoms with Crippen molar-refractivity contribution in [3.8, 4) is 5.75 Å². The molecule has 0 unspecified atom stereocenters. The van der Waals surface area contributed by atoms with Gasteiger partial charge in [-0.25, -0.2) is 0 Å². The first-order valence-electron chi connectivity index (χ1n) is 8.77. The van der Waals surface area contributed by atoms with Gasteiger partial charge in [-0.2, -0.15) is 0 Å². The number of nitrogens with zero attached hydrogens (tertiary/aromatic N) is 2. The number of rotatable bonds is 11. The Hall–Kier alpha value is -1.29. The van der Waals surface area contributed by atoms with Crippen LogP contribution in [-0.4, -0.2) is 27.7 Å². The molecule has 1 aromatic rings. The van der Waals surface area contributed by atoms with Crippen molar-refractivity contribution in [3.05, 3.63) is 28.2 Å². The molecule has 22 heavy (non-hydrogen) atoms. The van der Waals surface area contributed by atoms with Crippen LogP contribution in [0.15, 0.2) is 17.1 Å². The van der Waals surface area contributed by atoms with Crippen LogP contribution in [0, 0.1) is 0 Å². The van der Waals surface area contributed by atoms with Crippen LogP contribution < -0.4 is 5.43 Å². The van der Waals surface area contributed by atoms with Crippen LogP contribution >= 0.6 is 0 Å². The topological polar surface area (TPSA) is 45.5 Å². The summed E-state index contributed by atoms with van der Waals surface area (Å²) in [5.74, 6) is -0.145. The number of hydrogen-bond donors (Lipinski definition) is 1. The first-order chi connectivity index (χ1) is 10.6. The smallest absolute Gasteiger partial charge is 0.223 e. The SMILES string of the molecule is CCCCN(CCCC)Cc1cc(=O)c(O)cn1CCCC. The lowest BCUT2D eigenvalue weighted by molar-refractivity contribution is 0.249. The maximum Gasteiger partial charge on any atom is 0.223 e. The minimum Gasteiger partial charge on any atom is -0.503 e. The normalized spacial score (nSPS) is 11.3. The number of unbranched alkanes of at least 4 members (excludes halogenated alkanes) is 3. The third-order valence-electron chi connectivity index (χ3n) is 3.99. The van der Waals surface area contributed by atoms with Crippen LogP contribution in [-0.2, 0) is 13.1 Å². The van der Waals surface area contributed by atoms with Gasteiger partial charge < -0.3 is 9.67 Å². The van der Waals surface area contributed by atoms with E-state index in [1.54, 1.807) is 12.3 Å². The molecule has 0 aliphatic rings. The van der Waals surface area contributed by atoms with Crippen LogP contribution in [0.25, 0.3) is 0 Å². The number of pyridine rings is 1. The first-order valence-corrected chi connectivity index (χ1v) is 8.77. The van der Waals surface area contributed by atoms with Gasteiger partial charge in [0.1, 0.15) is 0 Å². The quantitative estimate of drug-likeness (QED) is 0.677. The van der Waals surface area contributed by atoms with Crippen molar-refractivity contribution in [2.75, 3.05) is 13.1 Å². The van der Waals surface area contributed by atoms with E-state index < -0.39 is 0 Å². The lowest BCUT2D eigenvalue weighted by atomic mass is 10.2. The Morgan fingerprint density at radius 3 is 2.18 bits per heavy atom. The Morgan fingerprint density at radius 2 is 1.64 bits per heavy atom. The summed E-state index contributed by atoms with van der Waals surface area (Å²) < 4.78 is 2.05. The van der Waals surface area contributed by atoms with Gasteiger partial charge in [0.15, 0.2) is 5.75 Å². The Bertz CT molecular complexity index is 474. The van der Waals surface area contributed by atoms with E-state index in [0.717, 1.165) is 44.7 Å². The fourth-order valence-electron chi connectivity index (χ4n) is 2.54. The highest BCUT2D eigenvalue weighted by Gasteiger charge is 2.10. The zero-order chi connectivity index (χ0) is 16.4. The number of aryl methyl sites for hydroxylation is 1. The minimum atomic E-state index is -0.270. The Labute approximate surface area is 134 Å². The van der Waals surface area contributed by atoms with Crippen LogP contribution in [0.2, 0.25) is 0 Å². The summed E-state index contributed by atoms with van der Waals surface area (Å²) in [7, 11) is 0. The maximum absolute atomic E-state index is 11.8. The number of aromatic hydroxyl groups is 1. The van der Waals surface area contributed by atoms with Gasteiger partial charge in [0.25, 0.3) is 0 Å². The van der Waals surface area contributed by atoms with E-state index in [9.17, 15) is 9.90 Å². The molecule has 0 saturated heterocycles. The van der Waals surface area contributed by atoms with Crippen molar-refractivity contribution in [2.45, 2.75) is 72.4 Å². The molecule has 0 aromatic carbocycles. The summed E-state index contributed by atoms with van der Waals surface area (Å²) in [6.07, 6.45) is 8.48. The third-order valence-corrected chi connectivity index (χ3v) is 3.99. The molecule has 4 nitrogen and oxygen atoms in total. The Kier molecular flexibility index (Phi) is 8.90. The van der Waals surface area contributed by atoms with Crippen molar-refractivity contribution in [1.82, 2.24) is 9.47 Å². The van der Waals surface area contributed by atoms with Crippen LogP contribution in [0.1, 0.15) is 65.0 Å². The van der Waals surface area contributed by atoms with Crippen molar-refractivity contribution in [1.29, 1.82) is 0 Å². The summed E-state index contributed by atoms with van der Waals surface area (Å²) in [5.41, 5.74) is 0.747. The lowest BCUT2D eigenvalue weighted by Crippen LogP contribution is -2.28. The molecule has 126 valence electrons. The van der Waals surface area contributed by atoms with Gasteiger partial charge in [0.05, 0.1) is 6.20 Å². The summed E-state index contributed by atoms with van der Waals surface area (Å²) >= 11 is 0. The molecule has 0 atom stereocenters. The fraction of sp³-hybridized carbons (Fsp3) is 0.722. The molecule has 4 heteroatoms. The second-order valence-electron chi connectivity index (χ2n) is 6.04. The first kappa shape index (κ1) is 18.8. The molecule has 0 bridgehead atoms. The van der Waals surface area contributed by atoms with Gasteiger partial charge in [0.2, 0.25) is 5.43 Å². The summed E-state index contributed by atoms with van der Waals surface area (Å²) in [6.45, 7) is 10.3. The number of hydrogen-bond acceptors (Lipinski definition) is 3. The van der Waals surface area contributed by atoms with E-state index in [1.165, 1.54) is 25.7 Å². The minimum absolute atomic E-state index is 0.145. The van der Waals surface area contributed by atoms with E-state index in [-0.39, 0.29) is 11.2 Å². The molecule has 1 N–H and O–H groups in total. The van der Waals surface area contributed by atoms with E-state index in [2.05, 4.69) is 25.7 Å². The highest BCUT2D eigenvalue weighted by molar-refractivity contribution is 5.20. The predicted molar refractivity (Wildman–Crippen MR) is 92.4 cm³/mol. The molecule has 0 amide bonds. The van der Waals surface area contributed by atoms with Crippen molar-refractivity contribution >= 4 is 0 Å². The third kappa shape index (κ3) is 6.22. The van der Waals surface area contributed by atoms with E-state index in [1.807, 2.05) is 4.57 Å². The van der Waals surface area contributed by atoms with Gasteiger partial charge in [-0.3, -0.25) is 9.69 Å². The molecule has 0 aliphatic carbocycles. The number of aromatic nitrogens is 1. The summed E-state index contributed by atoms with van der Waals surface area (Å²) in [5, 5.41) is 9.69. The van der Waals surface area contributed by atoms with Gasteiger partial charge in [-0.1, -0.05) is 40.0 Å². The zero-order valence-electron chi connectivity index (χ0n) is 14.5. The molecular formula is C18H32N2O2. The van der Waals surface area contributed by atoms with E-state index >= 15 is 0 Å². The second kappa shape index (κ2) is 10.4. The molecular weight excluding hydrogens is 276 g/mol. The molecule has 0 radical (unpaired) electrons. The maximum atomic E-state index is 11.8. The zero-order valence-corrected chi connectivity index (χ0v) is 14.5. The van der Waals surface area contributed by atoms with Gasteiger partial charge >= 0.3 is 0 Å². The fourth-order valence-corrected chi connectivity index (χ4v) is 2.54. The van der Waals surface area contributed by atoms with E-state index in [0.29, 0.717) is 0 Å². The highest BCUT2D eigenvalue weighted by Crippen LogP contribution is 2.11. The van der Waals surface area contributed by atoms with Crippen LogP contribution in [0.3, 0.4) is 0 Å². The van der Waals surface area contributed by atoms with Gasteiger partial charge in [-0.15, -0.1) is 0 Å². The van der Waals surface area contributed by atoms with E-state index in [4.69, 9.17) is 0 Å². The summed E-state index contributed by atoms with van der Waals surface area (Å²) in [4.78, 5) is 14.2. The van der Waals surface area contributed by atoms with Gasteiger partial charge in [0, 0.05) is 24.8 Å². The highest BCUT2D eigenvalue weighted by atomic mass is 16.3. The largest absolute Gasteiger partial charge is 0.503 e. The average molecular weight is 308 g/mol. The molecule has 0 aliphatic heterocycles. The monoisotopic (exact) mass is 308 g/mol. The molecule has 1 aromatic heterocycles. The molecule has 0 saturated carbocycles. The lowest BCUT2D eigenvalue weighted by Gasteiger charge is -2.24. The average Bonchev–Trinajstić information content (AvgIpc) is 2.51. The Morgan fingerprint density at radius 1 is 1.05 bits per heavy atom. The second-order valence-corrected chi connectivity index (χ2v) is 6.04. The molecule has 1 heterocycles. The summed E-state index contributed by atoms with van der Waals surface area (Å²) in [6, 6.07) is 1.61. The van der Waals surface area contributed by atoms with Crippen molar-refractivity contribution in [3.63, 3.8) is 0 Å². The van der Waals surface area contributed by atoms with Crippen molar-refractivity contribution < 1.29 is 5.11 Å². The molecule has 1 rings (SSSR count). The van der Waals surface area contributed by atoms with Crippen LogP contribution in [0.4, 0.5) is 0 Å². The van der Waals surface area contributed by atoms with Crippen molar-refractivity contribution in [2.24, 2.45) is 0 Å². The molecule has 0 fully saturated rings.